The lowest BCUT2D eigenvalue weighted by molar-refractivity contribution is -0.0375. The van der Waals surface area contributed by atoms with Crippen LogP contribution in [0.2, 0.25) is 0 Å². The normalized spacial score (nSPS) is 20.0. The molecule has 1 fully saturated rings. The minimum Gasteiger partial charge on any atom is -0.383 e. The van der Waals surface area contributed by atoms with Gasteiger partial charge in [0.25, 0.3) is 0 Å². The Labute approximate surface area is 138 Å². The standard InChI is InChI=1S/C17H17N5O2/c18-16-15-14(8-23)21-22(17(15)20-10-19-16)12-6-13(7-12)24-9-11-4-2-1-3-5-11/h1-5,8,10,12-13H,6-7,9H2,(H2,18,19,20). The van der Waals surface area contributed by atoms with E-state index in [-0.39, 0.29) is 23.7 Å². The van der Waals surface area contributed by atoms with Crippen molar-refractivity contribution in [2.24, 2.45) is 0 Å². The maximum Gasteiger partial charge on any atom is 0.171 e. The Hall–Kier alpha value is -2.80. The number of nitrogens with zero attached hydrogens (tertiary/aromatic N) is 4. The monoisotopic (exact) mass is 323 g/mol. The summed E-state index contributed by atoms with van der Waals surface area (Å²) in [7, 11) is 0. The quantitative estimate of drug-likeness (QED) is 0.723. The van der Waals surface area contributed by atoms with Crippen molar-refractivity contribution >= 4 is 23.1 Å². The van der Waals surface area contributed by atoms with Gasteiger partial charge in [-0.15, -0.1) is 0 Å². The molecule has 0 aliphatic heterocycles. The van der Waals surface area contributed by atoms with Gasteiger partial charge in [0.1, 0.15) is 17.8 Å². The molecule has 0 spiro atoms. The van der Waals surface area contributed by atoms with Gasteiger partial charge in [0.05, 0.1) is 24.1 Å². The molecule has 4 rings (SSSR count). The Bertz CT molecular complexity index is 871. The molecule has 0 amide bonds. The van der Waals surface area contributed by atoms with Crippen molar-refractivity contribution in [2.45, 2.75) is 31.6 Å². The van der Waals surface area contributed by atoms with E-state index in [9.17, 15) is 4.79 Å². The van der Waals surface area contributed by atoms with E-state index in [4.69, 9.17) is 10.5 Å². The summed E-state index contributed by atoms with van der Waals surface area (Å²) < 4.78 is 7.69. The minimum atomic E-state index is 0.163. The van der Waals surface area contributed by atoms with Gasteiger partial charge in [-0.05, 0) is 18.4 Å². The number of nitrogen functional groups attached to an aromatic ring is 1. The van der Waals surface area contributed by atoms with E-state index in [1.807, 2.05) is 30.3 Å². The largest absolute Gasteiger partial charge is 0.383 e. The first kappa shape index (κ1) is 14.8. The molecule has 1 aliphatic rings. The first-order valence-corrected chi connectivity index (χ1v) is 7.85. The Morgan fingerprint density at radius 2 is 2.04 bits per heavy atom. The summed E-state index contributed by atoms with van der Waals surface area (Å²) in [5.74, 6) is 0.282. The van der Waals surface area contributed by atoms with Crippen molar-refractivity contribution in [1.82, 2.24) is 19.7 Å². The van der Waals surface area contributed by atoms with Crippen LogP contribution < -0.4 is 5.73 Å². The Morgan fingerprint density at radius 3 is 2.79 bits per heavy atom. The summed E-state index contributed by atoms with van der Waals surface area (Å²) in [5, 5.41) is 4.88. The number of nitrogens with two attached hydrogens (primary N) is 1. The van der Waals surface area contributed by atoms with Crippen molar-refractivity contribution in [2.75, 3.05) is 5.73 Å². The van der Waals surface area contributed by atoms with Crippen LogP contribution in [0.1, 0.15) is 34.9 Å². The second-order valence-corrected chi connectivity index (χ2v) is 5.95. The van der Waals surface area contributed by atoms with Gasteiger partial charge in [0, 0.05) is 0 Å². The smallest absolute Gasteiger partial charge is 0.171 e. The highest BCUT2D eigenvalue weighted by Gasteiger charge is 2.34. The van der Waals surface area contributed by atoms with Gasteiger partial charge in [-0.2, -0.15) is 5.10 Å². The molecular formula is C17H17N5O2. The van der Waals surface area contributed by atoms with Gasteiger partial charge in [-0.25, -0.2) is 14.6 Å². The summed E-state index contributed by atoms with van der Waals surface area (Å²) >= 11 is 0. The lowest BCUT2D eigenvalue weighted by atomic mass is 9.89. The van der Waals surface area contributed by atoms with Crippen molar-refractivity contribution < 1.29 is 9.53 Å². The molecule has 0 atom stereocenters. The fraction of sp³-hybridized carbons (Fsp3) is 0.294. The summed E-state index contributed by atoms with van der Waals surface area (Å²) in [6.07, 6.45) is 3.96. The molecule has 7 heteroatoms. The fourth-order valence-corrected chi connectivity index (χ4v) is 3.02. The van der Waals surface area contributed by atoms with Gasteiger partial charge in [-0.3, -0.25) is 4.79 Å². The number of rotatable bonds is 5. The van der Waals surface area contributed by atoms with Gasteiger partial charge in [0.2, 0.25) is 0 Å². The van der Waals surface area contributed by atoms with Crippen LogP contribution in [0.5, 0.6) is 0 Å². The second-order valence-electron chi connectivity index (χ2n) is 5.95. The lowest BCUT2D eigenvalue weighted by Crippen LogP contribution is -2.34. The van der Waals surface area contributed by atoms with Crippen LogP contribution in [0.4, 0.5) is 5.82 Å². The van der Waals surface area contributed by atoms with Gasteiger partial charge in [-0.1, -0.05) is 30.3 Å². The Morgan fingerprint density at radius 1 is 1.25 bits per heavy atom. The number of benzene rings is 1. The number of hydrogen-bond donors (Lipinski definition) is 1. The Kier molecular flexibility index (Phi) is 3.70. The number of hydrogen-bond acceptors (Lipinski definition) is 6. The summed E-state index contributed by atoms with van der Waals surface area (Å²) in [6.45, 7) is 0.604. The number of ether oxygens (including phenoxy) is 1. The van der Waals surface area contributed by atoms with E-state index in [1.165, 1.54) is 6.33 Å². The van der Waals surface area contributed by atoms with Crippen molar-refractivity contribution in [3.63, 3.8) is 0 Å². The average molecular weight is 323 g/mol. The van der Waals surface area contributed by atoms with Crippen LogP contribution in [0.25, 0.3) is 11.0 Å². The van der Waals surface area contributed by atoms with Crippen molar-refractivity contribution in [3.05, 3.63) is 47.9 Å². The molecule has 2 heterocycles. The van der Waals surface area contributed by atoms with Crippen molar-refractivity contribution in [3.8, 4) is 0 Å². The number of anilines is 1. The number of aromatic nitrogens is 4. The molecule has 0 bridgehead atoms. The molecule has 24 heavy (non-hydrogen) atoms. The first-order valence-electron chi connectivity index (χ1n) is 7.85. The van der Waals surface area contributed by atoms with E-state index in [0.717, 1.165) is 18.4 Å². The van der Waals surface area contributed by atoms with Crippen molar-refractivity contribution in [1.29, 1.82) is 0 Å². The summed E-state index contributed by atoms with van der Waals surface area (Å²) in [6, 6.07) is 10.3. The van der Waals surface area contributed by atoms with Gasteiger partial charge >= 0.3 is 0 Å². The zero-order valence-electron chi connectivity index (χ0n) is 13.0. The third-order valence-corrected chi connectivity index (χ3v) is 4.40. The highest BCUT2D eigenvalue weighted by molar-refractivity contribution is 5.99. The Balaban J connectivity index is 1.46. The molecule has 0 radical (unpaired) electrons. The molecule has 122 valence electrons. The molecule has 1 saturated carbocycles. The van der Waals surface area contributed by atoms with Gasteiger partial charge < -0.3 is 10.5 Å². The van der Waals surface area contributed by atoms with E-state index in [2.05, 4.69) is 15.1 Å². The molecular weight excluding hydrogens is 306 g/mol. The fourth-order valence-electron chi connectivity index (χ4n) is 3.02. The van der Waals surface area contributed by atoms with Crippen LogP contribution in [0.15, 0.2) is 36.7 Å². The maximum absolute atomic E-state index is 11.2. The molecule has 1 aromatic carbocycles. The number of aldehydes is 1. The average Bonchev–Trinajstić information content (AvgIpc) is 2.94. The summed E-state index contributed by atoms with van der Waals surface area (Å²) in [5.41, 5.74) is 7.91. The molecule has 0 saturated heterocycles. The van der Waals surface area contributed by atoms with Crippen LogP contribution in [-0.2, 0) is 11.3 Å². The number of carbonyl (C=O) groups excluding carboxylic acids is 1. The highest BCUT2D eigenvalue weighted by atomic mass is 16.5. The van der Waals surface area contributed by atoms with Crippen LogP contribution >= 0.6 is 0 Å². The van der Waals surface area contributed by atoms with Gasteiger partial charge in [0.15, 0.2) is 11.9 Å². The molecule has 0 unspecified atom stereocenters. The zero-order chi connectivity index (χ0) is 16.5. The molecule has 3 aromatic rings. The molecule has 1 aliphatic carbocycles. The van der Waals surface area contributed by atoms with E-state index in [0.29, 0.717) is 23.9 Å². The van der Waals surface area contributed by atoms with Crippen LogP contribution in [-0.4, -0.2) is 32.1 Å². The number of fused-ring (bicyclic) bond motifs is 1. The SMILES string of the molecule is Nc1ncnc2c1c(C=O)nn2C1CC(OCc2ccccc2)C1. The van der Waals surface area contributed by atoms with Crippen LogP contribution in [0, 0.1) is 0 Å². The molecule has 2 aromatic heterocycles. The predicted molar refractivity (Wildman–Crippen MR) is 88.4 cm³/mol. The summed E-state index contributed by atoms with van der Waals surface area (Å²) in [4.78, 5) is 19.4. The first-order chi connectivity index (χ1) is 11.8. The molecule has 7 nitrogen and oxygen atoms in total. The minimum absolute atomic E-state index is 0.163. The van der Waals surface area contributed by atoms with Crippen LogP contribution in [0.3, 0.4) is 0 Å². The lowest BCUT2D eigenvalue weighted by Gasteiger charge is -2.35. The third-order valence-electron chi connectivity index (χ3n) is 4.40. The predicted octanol–water partition coefficient (Wildman–Crippen LogP) is 2.14. The second kappa shape index (κ2) is 6.01. The molecule has 2 N–H and O–H groups in total. The highest BCUT2D eigenvalue weighted by Crippen LogP contribution is 2.37. The maximum atomic E-state index is 11.2. The zero-order valence-corrected chi connectivity index (χ0v) is 13.0. The number of carbonyl (C=O) groups is 1. The van der Waals surface area contributed by atoms with E-state index in [1.54, 1.807) is 4.68 Å². The third kappa shape index (κ3) is 2.52. The van der Waals surface area contributed by atoms with E-state index >= 15 is 0 Å². The van der Waals surface area contributed by atoms with E-state index < -0.39 is 0 Å². The topological polar surface area (TPSA) is 95.9 Å².